The van der Waals surface area contributed by atoms with Gasteiger partial charge < -0.3 is 5.73 Å². The standard InChI is InChI=1S/C16H18N4/c1-2-9-20-11-13(10-19-20)15(17)16-14-6-4-3-5-12(14)7-8-18-16/h3-8,10-11,15H,2,9,17H2,1H3. The molecule has 0 aliphatic rings. The van der Waals surface area contributed by atoms with E-state index in [1.54, 1.807) is 0 Å². The van der Waals surface area contributed by atoms with Gasteiger partial charge in [0.05, 0.1) is 17.9 Å². The van der Waals surface area contributed by atoms with E-state index in [0.717, 1.165) is 35.0 Å². The average molecular weight is 266 g/mol. The van der Waals surface area contributed by atoms with E-state index in [4.69, 9.17) is 5.73 Å². The second-order valence-electron chi connectivity index (χ2n) is 4.93. The number of aromatic nitrogens is 3. The van der Waals surface area contributed by atoms with E-state index in [9.17, 15) is 0 Å². The first-order valence-corrected chi connectivity index (χ1v) is 6.91. The van der Waals surface area contributed by atoms with Crippen molar-refractivity contribution in [3.05, 3.63) is 60.2 Å². The van der Waals surface area contributed by atoms with Crippen LogP contribution in [0.3, 0.4) is 0 Å². The summed E-state index contributed by atoms with van der Waals surface area (Å²) in [6, 6.07) is 9.94. The summed E-state index contributed by atoms with van der Waals surface area (Å²) in [5.74, 6) is 0. The molecule has 2 heterocycles. The molecule has 0 saturated carbocycles. The molecule has 3 rings (SSSR count). The Morgan fingerprint density at radius 3 is 2.95 bits per heavy atom. The number of rotatable bonds is 4. The molecule has 0 amide bonds. The largest absolute Gasteiger partial charge is 0.319 e. The minimum atomic E-state index is -0.244. The predicted octanol–water partition coefficient (Wildman–Crippen LogP) is 2.89. The summed E-state index contributed by atoms with van der Waals surface area (Å²) in [6.07, 6.45) is 6.72. The van der Waals surface area contributed by atoms with Crippen molar-refractivity contribution in [2.45, 2.75) is 25.9 Å². The maximum absolute atomic E-state index is 6.38. The second-order valence-corrected chi connectivity index (χ2v) is 4.93. The Balaban J connectivity index is 2.01. The number of hydrogen-bond acceptors (Lipinski definition) is 3. The molecule has 0 fully saturated rings. The number of pyridine rings is 1. The van der Waals surface area contributed by atoms with Crippen LogP contribution in [0.1, 0.15) is 30.6 Å². The lowest BCUT2D eigenvalue weighted by Crippen LogP contribution is -2.13. The Morgan fingerprint density at radius 1 is 1.25 bits per heavy atom. The fourth-order valence-corrected chi connectivity index (χ4v) is 2.44. The number of hydrogen-bond donors (Lipinski definition) is 1. The second kappa shape index (κ2) is 5.43. The molecular formula is C16H18N4. The first-order valence-electron chi connectivity index (χ1n) is 6.91. The number of benzene rings is 1. The molecule has 1 unspecified atom stereocenters. The summed E-state index contributed by atoms with van der Waals surface area (Å²) in [5, 5.41) is 6.61. The third kappa shape index (κ3) is 2.30. The van der Waals surface area contributed by atoms with Crippen LogP contribution in [0.25, 0.3) is 10.8 Å². The molecule has 20 heavy (non-hydrogen) atoms. The highest BCUT2D eigenvalue weighted by atomic mass is 15.3. The zero-order valence-electron chi connectivity index (χ0n) is 11.5. The van der Waals surface area contributed by atoms with Crippen molar-refractivity contribution in [3.63, 3.8) is 0 Å². The number of aryl methyl sites for hydroxylation is 1. The van der Waals surface area contributed by atoms with Gasteiger partial charge in [-0.2, -0.15) is 5.10 Å². The smallest absolute Gasteiger partial charge is 0.0763 e. The van der Waals surface area contributed by atoms with Crippen molar-refractivity contribution in [1.29, 1.82) is 0 Å². The Bertz CT molecular complexity index is 712. The van der Waals surface area contributed by atoms with Crippen LogP contribution in [0.2, 0.25) is 0 Å². The summed E-state index contributed by atoms with van der Waals surface area (Å²) in [7, 11) is 0. The van der Waals surface area contributed by atoms with Crippen molar-refractivity contribution in [2.24, 2.45) is 5.73 Å². The topological polar surface area (TPSA) is 56.7 Å². The highest BCUT2D eigenvalue weighted by Crippen LogP contribution is 2.24. The Hall–Kier alpha value is -2.20. The maximum atomic E-state index is 6.38. The monoisotopic (exact) mass is 266 g/mol. The molecular weight excluding hydrogens is 248 g/mol. The molecule has 0 spiro atoms. The van der Waals surface area contributed by atoms with Crippen molar-refractivity contribution >= 4 is 10.8 Å². The Labute approximate surface area is 118 Å². The fourth-order valence-electron chi connectivity index (χ4n) is 2.44. The summed E-state index contributed by atoms with van der Waals surface area (Å²) in [6.45, 7) is 3.04. The SMILES string of the molecule is CCCn1cc(C(N)c2nccc3ccccc23)cn1. The molecule has 2 aromatic heterocycles. The molecule has 0 bridgehead atoms. The zero-order chi connectivity index (χ0) is 13.9. The summed E-state index contributed by atoms with van der Waals surface area (Å²) in [4.78, 5) is 4.48. The van der Waals surface area contributed by atoms with Crippen LogP contribution >= 0.6 is 0 Å². The lowest BCUT2D eigenvalue weighted by Gasteiger charge is -2.11. The quantitative estimate of drug-likeness (QED) is 0.790. The number of nitrogens with zero attached hydrogens (tertiary/aromatic N) is 3. The van der Waals surface area contributed by atoms with Crippen LogP contribution in [-0.2, 0) is 6.54 Å². The van der Waals surface area contributed by atoms with Crippen LogP contribution < -0.4 is 5.73 Å². The summed E-state index contributed by atoms with van der Waals surface area (Å²) in [5.41, 5.74) is 8.28. The first-order chi connectivity index (χ1) is 9.79. The van der Waals surface area contributed by atoms with Crippen molar-refractivity contribution in [2.75, 3.05) is 0 Å². The maximum Gasteiger partial charge on any atom is 0.0763 e. The summed E-state index contributed by atoms with van der Waals surface area (Å²) >= 11 is 0. The summed E-state index contributed by atoms with van der Waals surface area (Å²) < 4.78 is 1.93. The molecule has 102 valence electrons. The van der Waals surface area contributed by atoms with E-state index in [2.05, 4.69) is 29.1 Å². The molecule has 1 aromatic carbocycles. The van der Waals surface area contributed by atoms with Crippen molar-refractivity contribution in [1.82, 2.24) is 14.8 Å². The molecule has 0 aliphatic carbocycles. The van der Waals surface area contributed by atoms with E-state index < -0.39 is 0 Å². The minimum Gasteiger partial charge on any atom is -0.319 e. The number of nitrogens with two attached hydrogens (primary N) is 1. The van der Waals surface area contributed by atoms with Crippen LogP contribution in [0.5, 0.6) is 0 Å². The zero-order valence-corrected chi connectivity index (χ0v) is 11.5. The van der Waals surface area contributed by atoms with E-state index in [1.807, 2.05) is 41.5 Å². The third-order valence-corrected chi connectivity index (χ3v) is 3.46. The van der Waals surface area contributed by atoms with Crippen LogP contribution in [0, 0.1) is 0 Å². The number of fused-ring (bicyclic) bond motifs is 1. The molecule has 1 atom stereocenters. The highest BCUT2D eigenvalue weighted by molar-refractivity contribution is 5.84. The Kier molecular flexibility index (Phi) is 3.48. The average Bonchev–Trinajstić information content (AvgIpc) is 2.95. The lowest BCUT2D eigenvalue weighted by molar-refractivity contribution is 0.601. The molecule has 0 saturated heterocycles. The van der Waals surface area contributed by atoms with Gasteiger partial charge in [-0.15, -0.1) is 0 Å². The van der Waals surface area contributed by atoms with Gasteiger partial charge in [0.1, 0.15) is 0 Å². The van der Waals surface area contributed by atoms with E-state index in [-0.39, 0.29) is 6.04 Å². The minimum absolute atomic E-state index is 0.244. The van der Waals surface area contributed by atoms with Crippen LogP contribution in [0.4, 0.5) is 0 Å². The molecule has 4 nitrogen and oxygen atoms in total. The van der Waals surface area contributed by atoms with E-state index in [0.29, 0.717) is 0 Å². The van der Waals surface area contributed by atoms with Crippen molar-refractivity contribution in [3.8, 4) is 0 Å². The van der Waals surface area contributed by atoms with Gasteiger partial charge in [0.25, 0.3) is 0 Å². The van der Waals surface area contributed by atoms with Gasteiger partial charge in [-0.25, -0.2) is 0 Å². The van der Waals surface area contributed by atoms with Gasteiger partial charge in [0.15, 0.2) is 0 Å². The molecule has 2 N–H and O–H groups in total. The Morgan fingerprint density at radius 2 is 2.10 bits per heavy atom. The van der Waals surface area contributed by atoms with Gasteiger partial charge in [-0.1, -0.05) is 31.2 Å². The van der Waals surface area contributed by atoms with Gasteiger partial charge in [0.2, 0.25) is 0 Å². The molecule has 3 aromatic rings. The first kappa shape index (κ1) is 12.8. The van der Waals surface area contributed by atoms with Gasteiger partial charge >= 0.3 is 0 Å². The van der Waals surface area contributed by atoms with Gasteiger partial charge in [0, 0.05) is 29.9 Å². The molecule has 4 heteroatoms. The third-order valence-electron chi connectivity index (χ3n) is 3.46. The molecule has 0 radical (unpaired) electrons. The van der Waals surface area contributed by atoms with Gasteiger partial charge in [-0.05, 0) is 17.9 Å². The fraction of sp³-hybridized carbons (Fsp3) is 0.250. The van der Waals surface area contributed by atoms with Crippen molar-refractivity contribution < 1.29 is 0 Å². The van der Waals surface area contributed by atoms with Crippen LogP contribution in [0.15, 0.2) is 48.9 Å². The molecule has 0 aliphatic heterocycles. The van der Waals surface area contributed by atoms with Crippen LogP contribution in [-0.4, -0.2) is 14.8 Å². The van der Waals surface area contributed by atoms with Gasteiger partial charge in [-0.3, -0.25) is 9.67 Å². The van der Waals surface area contributed by atoms with E-state index >= 15 is 0 Å². The lowest BCUT2D eigenvalue weighted by atomic mass is 10.0. The normalized spacial score (nSPS) is 12.7. The van der Waals surface area contributed by atoms with E-state index in [1.165, 1.54) is 0 Å². The highest BCUT2D eigenvalue weighted by Gasteiger charge is 2.15. The predicted molar refractivity (Wildman–Crippen MR) is 80.3 cm³/mol.